The summed E-state index contributed by atoms with van der Waals surface area (Å²) in [6, 6.07) is 0. The van der Waals surface area contributed by atoms with Gasteiger partial charge in [0.1, 0.15) is 0 Å². The van der Waals surface area contributed by atoms with Gasteiger partial charge in [-0.15, -0.1) is 0 Å². The third-order valence-electron chi connectivity index (χ3n) is 6.10. The molecule has 0 aliphatic carbocycles. The van der Waals surface area contributed by atoms with Crippen LogP contribution in [0.5, 0.6) is 0 Å². The summed E-state index contributed by atoms with van der Waals surface area (Å²) in [5.74, 6) is 0.989. The molecule has 6 nitrogen and oxygen atoms in total. The fraction of sp³-hybridized carbons (Fsp3) is 0.909. The number of amides is 1. The lowest BCUT2D eigenvalue weighted by Crippen LogP contribution is -2.35. The number of rotatable bonds is 13. The highest BCUT2D eigenvalue weighted by Gasteiger charge is 2.21. The van der Waals surface area contributed by atoms with Gasteiger partial charge >= 0.3 is 5.97 Å². The van der Waals surface area contributed by atoms with E-state index in [1.165, 1.54) is 45.2 Å². The highest BCUT2D eigenvalue weighted by Crippen LogP contribution is 2.22. The smallest absolute Gasteiger partial charge is 0.307 e. The minimum Gasteiger partial charge on any atom is -0.466 e. The molecule has 0 aromatic rings. The predicted molar refractivity (Wildman–Crippen MR) is 112 cm³/mol. The Labute approximate surface area is 171 Å². The van der Waals surface area contributed by atoms with Gasteiger partial charge in [0, 0.05) is 26.1 Å². The zero-order chi connectivity index (χ0) is 20.2. The Balaban J connectivity index is 1.45. The van der Waals surface area contributed by atoms with E-state index in [4.69, 9.17) is 4.74 Å². The summed E-state index contributed by atoms with van der Waals surface area (Å²) in [6.45, 7) is 9.69. The van der Waals surface area contributed by atoms with Crippen molar-refractivity contribution in [2.45, 2.75) is 64.7 Å². The molecular weight excluding hydrogens is 354 g/mol. The van der Waals surface area contributed by atoms with Gasteiger partial charge in [0.25, 0.3) is 0 Å². The molecule has 0 bridgehead atoms. The van der Waals surface area contributed by atoms with Gasteiger partial charge in [0.05, 0.1) is 13.0 Å². The number of hydrogen-bond acceptors (Lipinski definition) is 5. The fourth-order valence-electron chi connectivity index (χ4n) is 4.35. The van der Waals surface area contributed by atoms with Crippen molar-refractivity contribution in [3.05, 3.63) is 0 Å². The molecule has 0 saturated carbocycles. The van der Waals surface area contributed by atoms with E-state index in [0.717, 1.165) is 44.9 Å². The topological polar surface area (TPSA) is 53.1 Å². The van der Waals surface area contributed by atoms with Gasteiger partial charge in [-0.2, -0.15) is 0 Å². The van der Waals surface area contributed by atoms with Crippen LogP contribution in [-0.2, 0) is 14.3 Å². The van der Waals surface area contributed by atoms with Gasteiger partial charge in [-0.1, -0.05) is 6.92 Å². The first kappa shape index (κ1) is 23.1. The molecule has 0 radical (unpaired) electrons. The van der Waals surface area contributed by atoms with Crippen LogP contribution in [0.25, 0.3) is 0 Å². The van der Waals surface area contributed by atoms with Gasteiger partial charge in [-0.25, -0.2) is 0 Å². The predicted octanol–water partition coefficient (Wildman–Crippen LogP) is 2.77. The van der Waals surface area contributed by atoms with Crippen molar-refractivity contribution < 1.29 is 14.3 Å². The minimum atomic E-state index is -0.103. The molecule has 162 valence electrons. The second kappa shape index (κ2) is 13.2. The maximum Gasteiger partial charge on any atom is 0.307 e. The van der Waals surface area contributed by atoms with Crippen LogP contribution in [0.4, 0.5) is 0 Å². The van der Waals surface area contributed by atoms with E-state index < -0.39 is 0 Å². The number of piperidine rings is 1. The van der Waals surface area contributed by atoms with E-state index in [1.54, 1.807) is 0 Å². The van der Waals surface area contributed by atoms with Crippen molar-refractivity contribution in [2.24, 2.45) is 5.92 Å². The first-order valence-corrected chi connectivity index (χ1v) is 11.4. The van der Waals surface area contributed by atoms with Gasteiger partial charge in [0.15, 0.2) is 0 Å². The molecule has 0 aromatic carbocycles. The summed E-state index contributed by atoms with van der Waals surface area (Å²) in [5, 5.41) is 0. The van der Waals surface area contributed by atoms with Crippen LogP contribution in [0.1, 0.15) is 64.7 Å². The van der Waals surface area contributed by atoms with Crippen molar-refractivity contribution in [1.29, 1.82) is 0 Å². The lowest BCUT2D eigenvalue weighted by atomic mass is 9.92. The normalized spacial score (nSPS) is 19.0. The van der Waals surface area contributed by atoms with Crippen LogP contribution in [0.15, 0.2) is 0 Å². The average molecular weight is 396 g/mol. The molecule has 0 aromatic heterocycles. The van der Waals surface area contributed by atoms with E-state index in [9.17, 15) is 9.59 Å². The third kappa shape index (κ3) is 8.91. The number of nitrogens with zero attached hydrogens (tertiary/aromatic N) is 3. The Bertz CT molecular complexity index is 464. The van der Waals surface area contributed by atoms with Gasteiger partial charge in [-0.3, -0.25) is 9.59 Å². The summed E-state index contributed by atoms with van der Waals surface area (Å²) in [7, 11) is 2.22. The molecule has 0 N–H and O–H groups in total. The van der Waals surface area contributed by atoms with Gasteiger partial charge < -0.3 is 19.4 Å². The fourth-order valence-corrected chi connectivity index (χ4v) is 4.35. The molecule has 2 aliphatic heterocycles. The Hall–Kier alpha value is -1.14. The largest absolute Gasteiger partial charge is 0.466 e. The highest BCUT2D eigenvalue weighted by molar-refractivity contribution is 5.78. The summed E-state index contributed by atoms with van der Waals surface area (Å²) in [4.78, 5) is 30.2. The van der Waals surface area contributed by atoms with E-state index in [1.807, 2.05) is 4.90 Å². The minimum absolute atomic E-state index is 0.103. The molecule has 2 aliphatic rings. The Morgan fingerprint density at radius 2 is 1.93 bits per heavy atom. The van der Waals surface area contributed by atoms with Crippen molar-refractivity contribution >= 4 is 11.9 Å². The van der Waals surface area contributed by atoms with Gasteiger partial charge in [-0.05, 0) is 84.1 Å². The van der Waals surface area contributed by atoms with Crippen molar-refractivity contribution in [3.8, 4) is 0 Å². The maximum absolute atomic E-state index is 11.9. The Morgan fingerprint density at radius 1 is 1.14 bits per heavy atom. The summed E-state index contributed by atoms with van der Waals surface area (Å²) in [6.07, 6.45) is 9.26. The number of hydrogen-bond donors (Lipinski definition) is 0. The van der Waals surface area contributed by atoms with E-state index in [0.29, 0.717) is 26.0 Å². The van der Waals surface area contributed by atoms with Crippen LogP contribution >= 0.6 is 0 Å². The van der Waals surface area contributed by atoms with Crippen molar-refractivity contribution in [2.75, 3.05) is 59.5 Å². The standard InChI is InChI=1S/C22H41N3O3/c1-3-12-23(2)13-4-7-20-9-16-24(17-10-20)18-11-22(27)28-19-6-15-25-14-5-8-21(25)26/h20H,3-19H2,1-2H3. The van der Waals surface area contributed by atoms with E-state index >= 15 is 0 Å². The molecule has 2 fully saturated rings. The number of carbonyl (C=O) groups excluding carboxylic acids is 2. The molecule has 2 rings (SSSR count). The first-order chi connectivity index (χ1) is 13.6. The Kier molecular flexibility index (Phi) is 10.9. The van der Waals surface area contributed by atoms with E-state index in [-0.39, 0.29) is 11.9 Å². The molecule has 1 amide bonds. The van der Waals surface area contributed by atoms with Crippen molar-refractivity contribution in [3.63, 3.8) is 0 Å². The molecule has 0 atom stereocenters. The number of likely N-dealkylation sites (tertiary alicyclic amines) is 2. The lowest BCUT2D eigenvalue weighted by Gasteiger charge is -2.32. The van der Waals surface area contributed by atoms with E-state index in [2.05, 4.69) is 23.8 Å². The van der Waals surface area contributed by atoms with Crippen LogP contribution in [0.3, 0.4) is 0 Å². The molecule has 2 saturated heterocycles. The molecule has 0 spiro atoms. The molecule has 6 heteroatoms. The highest BCUT2D eigenvalue weighted by atomic mass is 16.5. The number of carbonyl (C=O) groups is 2. The lowest BCUT2D eigenvalue weighted by molar-refractivity contribution is -0.144. The Morgan fingerprint density at radius 3 is 2.61 bits per heavy atom. The number of ether oxygens (including phenoxy) is 1. The first-order valence-electron chi connectivity index (χ1n) is 11.4. The van der Waals surface area contributed by atoms with Gasteiger partial charge in [0.2, 0.25) is 5.91 Å². The average Bonchev–Trinajstić information content (AvgIpc) is 3.09. The summed E-state index contributed by atoms with van der Waals surface area (Å²) >= 11 is 0. The summed E-state index contributed by atoms with van der Waals surface area (Å²) < 4.78 is 5.34. The summed E-state index contributed by atoms with van der Waals surface area (Å²) in [5.41, 5.74) is 0. The number of esters is 1. The van der Waals surface area contributed by atoms with Crippen molar-refractivity contribution in [1.82, 2.24) is 14.7 Å². The second-order valence-electron chi connectivity index (χ2n) is 8.54. The SMILES string of the molecule is CCCN(C)CCCC1CCN(CCC(=O)OCCCN2CCCC2=O)CC1. The van der Waals surface area contributed by atoms with Crippen LogP contribution in [0.2, 0.25) is 0 Å². The molecule has 0 unspecified atom stereocenters. The van der Waals surface area contributed by atoms with Crippen LogP contribution in [-0.4, -0.2) is 86.0 Å². The third-order valence-corrected chi connectivity index (χ3v) is 6.10. The maximum atomic E-state index is 11.9. The molecule has 2 heterocycles. The zero-order valence-electron chi connectivity index (χ0n) is 18.2. The monoisotopic (exact) mass is 395 g/mol. The van der Waals surface area contributed by atoms with Crippen LogP contribution < -0.4 is 0 Å². The van der Waals surface area contributed by atoms with Crippen LogP contribution in [0, 0.1) is 5.92 Å². The zero-order valence-corrected chi connectivity index (χ0v) is 18.2. The second-order valence-corrected chi connectivity index (χ2v) is 8.54. The molecule has 28 heavy (non-hydrogen) atoms. The quantitative estimate of drug-likeness (QED) is 0.355. The molecular formula is C22H41N3O3.